The summed E-state index contributed by atoms with van der Waals surface area (Å²) in [6.07, 6.45) is 4.00. The number of anilines is 1. The average molecular weight is 470 g/mol. The molecule has 0 aliphatic carbocycles. The van der Waals surface area contributed by atoms with Crippen molar-refractivity contribution >= 4 is 23.5 Å². The van der Waals surface area contributed by atoms with Crippen LogP contribution in [-0.4, -0.2) is 41.4 Å². The minimum Gasteiger partial charge on any atom is -0.480 e. The highest BCUT2D eigenvalue weighted by molar-refractivity contribution is 5.91. The fourth-order valence-electron chi connectivity index (χ4n) is 3.70. The molecule has 0 aliphatic rings. The third kappa shape index (κ3) is 9.33. The van der Waals surface area contributed by atoms with Crippen LogP contribution >= 0.6 is 0 Å². The second kappa shape index (κ2) is 14.8. The third-order valence-electron chi connectivity index (χ3n) is 5.39. The van der Waals surface area contributed by atoms with E-state index in [0.717, 1.165) is 31.2 Å². The van der Waals surface area contributed by atoms with Crippen molar-refractivity contribution in [3.63, 3.8) is 0 Å². The topological polar surface area (TPSA) is 108 Å². The van der Waals surface area contributed by atoms with Crippen LogP contribution in [0.25, 0.3) is 0 Å². The van der Waals surface area contributed by atoms with Crippen molar-refractivity contribution in [2.45, 2.75) is 58.0 Å². The Hall–Kier alpha value is -3.23. The molecule has 2 aromatic rings. The summed E-state index contributed by atoms with van der Waals surface area (Å²) >= 11 is 0. The van der Waals surface area contributed by atoms with Crippen molar-refractivity contribution in [2.75, 3.05) is 19.0 Å². The molecule has 0 radical (unpaired) electrons. The Morgan fingerprint density at radius 1 is 0.912 bits per heavy atom. The summed E-state index contributed by atoms with van der Waals surface area (Å²) in [6, 6.07) is 15.7. The smallest absolute Gasteiger partial charge is 0.325 e. The van der Waals surface area contributed by atoms with E-state index >= 15 is 0 Å². The zero-order valence-electron chi connectivity index (χ0n) is 20.0. The maximum Gasteiger partial charge on any atom is 0.325 e. The minimum absolute atomic E-state index is 0.0814. The zero-order chi connectivity index (χ0) is 24.8. The number of aliphatic carboxylic acids is 1. The van der Waals surface area contributed by atoms with Gasteiger partial charge in [-0.1, -0.05) is 61.4 Å². The van der Waals surface area contributed by atoms with E-state index in [1.807, 2.05) is 42.5 Å². The minimum atomic E-state index is -0.925. The van der Waals surface area contributed by atoms with Gasteiger partial charge in [0.1, 0.15) is 6.04 Å². The lowest BCUT2D eigenvalue weighted by molar-refractivity contribution is -0.143. The molecule has 2 aromatic carbocycles. The lowest BCUT2D eigenvalue weighted by Gasteiger charge is -2.26. The number of carbonyl (C=O) groups excluding carboxylic acids is 2. The summed E-state index contributed by atoms with van der Waals surface area (Å²) in [6.45, 7) is 2.61. The molecule has 2 rings (SSSR count). The number of hydrogen-bond donors (Lipinski definition) is 3. The number of unbranched alkanes of at least 4 members (excludes halogenated alkanes) is 3. The van der Waals surface area contributed by atoms with Crippen molar-refractivity contribution < 1.29 is 24.3 Å². The Bertz CT molecular complexity index is 920. The molecule has 0 aliphatic heterocycles. The predicted octanol–water partition coefficient (Wildman–Crippen LogP) is 4.29. The number of nitrogens with zero attached hydrogens (tertiary/aromatic N) is 1. The Morgan fingerprint density at radius 2 is 1.53 bits per heavy atom. The molecule has 0 fully saturated rings. The van der Waals surface area contributed by atoms with Gasteiger partial charge in [-0.25, -0.2) is 5.48 Å². The van der Waals surface area contributed by atoms with Crippen molar-refractivity contribution in [3.05, 3.63) is 65.7 Å². The molecule has 0 bridgehead atoms. The largest absolute Gasteiger partial charge is 0.480 e. The molecule has 8 heteroatoms. The van der Waals surface area contributed by atoms with Crippen LogP contribution in [0.1, 0.15) is 62.6 Å². The summed E-state index contributed by atoms with van der Waals surface area (Å²) in [5.74, 6) is -1.13. The standard InChI is InChI=1S/C26H35N3O5/c1-3-34-28-24(31)18-10-5-4-9-17-23(30)27-22-16-12-11-15-21(22)19-29(2)25(26(32)33)20-13-7-6-8-14-20/h6-8,11-16,25H,3-5,9-10,17-19H2,1-2H3,(H,27,30)(H,28,31)(H,32,33)/t25-/m0/s1. The van der Waals surface area contributed by atoms with Gasteiger partial charge >= 0.3 is 5.97 Å². The first-order chi connectivity index (χ1) is 16.4. The number of likely N-dealkylation sites (N-methyl/N-ethyl adjacent to an activating group) is 1. The first-order valence-corrected chi connectivity index (χ1v) is 11.7. The van der Waals surface area contributed by atoms with E-state index in [4.69, 9.17) is 4.84 Å². The number of nitrogens with one attached hydrogen (secondary N) is 2. The van der Waals surface area contributed by atoms with Gasteiger partial charge in [0.2, 0.25) is 11.8 Å². The molecule has 0 unspecified atom stereocenters. The lowest BCUT2D eigenvalue weighted by atomic mass is 10.0. The normalized spacial score (nSPS) is 11.7. The van der Waals surface area contributed by atoms with Gasteiger partial charge in [-0.15, -0.1) is 0 Å². The number of rotatable bonds is 15. The van der Waals surface area contributed by atoms with Crippen LogP contribution in [-0.2, 0) is 25.8 Å². The van der Waals surface area contributed by atoms with Crippen molar-refractivity contribution in [2.24, 2.45) is 0 Å². The molecule has 2 amide bonds. The molecular weight excluding hydrogens is 434 g/mol. The van der Waals surface area contributed by atoms with E-state index in [2.05, 4.69) is 10.8 Å². The lowest BCUT2D eigenvalue weighted by Crippen LogP contribution is -2.30. The van der Waals surface area contributed by atoms with Gasteiger partial charge in [-0.3, -0.25) is 24.1 Å². The number of carbonyl (C=O) groups is 3. The second-order valence-electron chi connectivity index (χ2n) is 8.14. The van der Waals surface area contributed by atoms with E-state index in [0.29, 0.717) is 37.2 Å². The Balaban J connectivity index is 1.83. The SMILES string of the molecule is CCONC(=O)CCCCCCC(=O)Nc1ccccc1CN(C)[C@H](C(=O)O)c1ccccc1. The second-order valence-corrected chi connectivity index (χ2v) is 8.14. The fraction of sp³-hybridized carbons (Fsp3) is 0.423. The highest BCUT2D eigenvalue weighted by Gasteiger charge is 2.25. The van der Waals surface area contributed by atoms with Gasteiger partial charge in [0.15, 0.2) is 0 Å². The van der Waals surface area contributed by atoms with Crippen LogP contribution in [0.3, 0.4) is 0 Å². The molecule has 34 heavy (non-hydrogen) atoms. The van der Waals surface area contributed by atoms with Crippen LogP contribution < -0.4 is 10.8 Å². The summed E-state index contributed by atoms with van der Waals surface area (Å²) in [5, 5.41) is 12.7. The van der Waals surface area contributed by atoms with Crippen LogP contribution in [0.4, 0.5) is 5.69 Å². The zero-order valence-corrected chi connectivity index (χ0v) is 20.0. The van der Waals surface area contributed by atoms with Gasteiger partial charge in [0, 0.05) is 25.1 Å². The van der Waals surface area contributed by atoms with E-state index in [1.165, 1.54) is 0 Å². The Kier molecular flexibility index (Phi) is 11.8. The van der Waals surface area contributed by atoms with Crippen molar-refractivity contribution in [1.82, 2.24) is 10.4 Å². The predicted molar refractivity (Wildman–Crippen MR) is 131 cm³/mol. The Labute approximate surface area is 201 Å². The number of carboxylic acids is 1. The molecule has 0 saturated carbocycles. The van der Waals surface area contributed by atoms with Gasteiger partial charge in [0.05, 0.1) is 6.61 Å². The number of carboxylic acid groups (broad SMARTS) is 1. The van der Waals surface area contributed by atoms with Crippen LogP contribution in [0, 0.1) is 0 Å². The molecule has 8 nitrogen and oxygen atoms in total. The highest BCUT2D eigenvalue weighted by atomic mass is 16.6. The summed E-state index contributed by atoms with van der Waals surface area (Å²) in [5.41, 5.74) is 4.61. The monoisotopic (exact) mass is 469 g/mol. The molecule has 0 saturated heterocycles. The summed E-state index contributed by atoms with van der Waals surface area (Å²) in [4.78, 5) is 42.5. The number of amides is 2. The molecular formula is C26H35N3O5. The van der Waals surface area contributed by atoms with E-state index in [9.17, 15) is 19.5 Å². The number of para-hydroxylation sites is 1. The number of hydrogen-bond acceptors (Lipinski definition) is 5. The van der Waals surface area contributed by atoms with E-state index in [-0.39, 0.29) is 11.8 Å². The number of hydroxylamine groups is 1. The van der Waals surface area contributed by atoms with Crippen LogP contribution in [0.2, 0.25) is 0 Å². The molecule has 3 N–H and O–H groups in total. The quantitative estimate of drug-likeness (QED) is 0.265. The molecule has 0 heterocycles. The summed E-state index contributed by atoms with van der Waals surface area (Å²) in [7, 11) is 1.76. The van der Waals surface area contributed by atoms with Gasteiger partial charge < -0.3 is 10.4 Å². The van der Waals surface area contributed by atoms with Crippen molar-refractivity contribution in [3.8, 4) is 0 Å². The fourth-order valence-corrected chi connectivity index (χ4v) is 3.70. The van der Waals surface area contributed by atoms with E-state index < -0.39 is 12.0 Å². The Morgan fingerprint density at radius 3 is 2.18 bits per heavy atom. The maximum atomic E-state index is 12.5. The van der Waals surface area contributed by atoms with Gasteiger partial charge in [-0.05, 0) is 44.0 Å². The van der Waals surface area contributed by atoms with Crippen LogP contribution in [0.15, 0.2) is 54.6 Å². The molecule has 1 atom stereocenters. The number of benzene rings is 2. The molecule has 184 valence electrons. The molecule has 0 spiro atoms. The third-order valence-corrected chi connectivity index (χ3v) is 5.39. The van der Waals surface area contributed by atoms with E-state index in [1.54, 1.807) is 31.0 Å². The maximum absolute atomic E-state index is 12.5. The highest BCUT2D eigenvalue weighted by Crippen LogP contribution is 2.24. The van der Waals surface area contributed by atoms with Crippen molar-refractivity contribution in [1.29, 1.82) is 0 Å². The first kappa shape index (κ1) is 27.0. The summed E-state index contributed by atoms with van der Waals surface area (Å²) < 4.78 is 0. The van der Waals surface area contributed by atoms with Gasteiger partial charge in [0.25, 0.3) is 0 Å². The van der Waals surface area contributed by atoms with Gasteiger partial charge in [-0.2, -0.15) is 0 Å². The average Bonchev–Trinajstić information content (AvgIpc) is 2.81. The first-order valence-electron chi connectivity index (χ1n) is 11.7. The molecule has 0 aromatic heterocycles. The van der Waals surface area contributed by atoms with Crippen LogP contribution in [0.5, 0.6) is 0 Å².